The maximum atomic E-state index is 13.3. The van der Waals surface area contributed by atoms with Crippen molar-refractivity contribution in [3.63, 3.8) is 0 Å². The third kappa shape index (κ3) is 3.32. The van der Waals surface area contributed by atoms with Crippen molar-refractivity contribution in [3.8, 4) is 0 Å². The summed E-state index contributed by atoms with van der Waals surface area (Å²) in [6.45, 7) is 4.95. The number of hydrogen-bond acceptors (Lipinski definition) is 10. The van der Waals surface area contributed by atoms with E-state index in [2.05, 4.69) is 19.9 Å². The number of epoxide rings is 1. The third-order valence-electron chi connectivity index (χ3n) is 10.3. The van der Waals surface area contributed by atoms with Crippen LogP contribution in [0, 0.1) is 16.7 Å². The summed E-state index contributed by atoms with van der Waals surface area (Å²) in [5.41, 5.74) is -2.89. The van der Waals surface area contributed by atoms with E-state index in [9.17, 15) is 19.8 Å². The van der Waals surface area contributed by atoms with Crippen LogP contribution in [0.25, 0.3) is 0 Å². The van der Waals surface area contributed by atoms with Crippen LogP contribution in [0.5, 0.6) is 0 Å². The van der Waals surface area contributed by atoms with Gasteiger partial charge in [0, 0.05) is 18.6 Å². The van der Waals surface area contributed by atoms with Gasteiger partial charge in [0.1, 0.15) is 48.0 Å². The summed E-state index contributed by atoms with van der Waals surface area (Å²) in [6.07, 6.45) is 7.27. The van der Waals surface area contributed by atoms with E-state index in [-0.39, 0.29) is 19.3 Å². The summed E-state index contributed by atoms with van der Waals surface area (Å²) < 4.78 is 36.4. The molecule has 1 saturated carbocycles. The molecule has 10 unspecified atom stereocenters. The minimum absolute atomic E-state index is 0.0324. The van der Waals surface area contributed by atoms with Gasteiger partial charge < -0.3 is 38.6 Å². The molecule has 2 spiro atoms. The Balaban J connectivity index is 1.32. The second kappa shape index (κ2) is 8.50. The predicted octanol–water partition coefficient (Wildman–Crippen LogP) is 1.61. The number of carbonyl (C=O) groups is 2. The molecular weight excluding hydrogens is 508 g/mol. The van der Waals surface area contributed by atoms with E-state index < -0.39 is 58.6 Å². The van der Waals surface area contributed by atoms with E-state index in [0.717, 1.165) is 12.2 Å². The number of hydrogen-bond donors (Lipinski definition) is 2. The van der Waals surface area contributed by atoms with Crippen molar-refractivity contribution in [1.29, 1.82) is 0 Å². The fourth-order valence-corrected chi connectivity index (χ4v) is 8.03. The first-order valence-electron chi connectivity index (χ1n) is 13.8. The van der Waals surface area contributed by atoms with Crippen molar-refractivity contribution in [2.75, 3.05) is 19.8 Å². The molecule has 5 heterocycles. The molecule has 210 valence electrons. The SMILES string of the molecule is CC1C=C2OC3CC4OC(=O)C=CC=CC56OCCC(=CC(=O)OCC2(CC1)C4(C)C31CO1)C5OC(O)C6O. The van der Waals surface area contributed by atoms with E-state index in [1.165, 1.54) is 18.2 Å². The average molecular weight is 543 g/mol. The van der Waals surface area contributed by atoms with Gasteiger partial charge in [0.25, 0.3) is 0 Å². The van der Waals surface area contributed by atoms with Gasteiger partial charge >= 0.3 is 11.9 Å². The number of rotatable bonds is 0. The van der Waals surface area contributed by atoms with E-state index in [1.807, 2.05) is 0 Å². The van der Waals surface area contributed by atoms with Gasteiger partial charge in [-0.05, 0) is 42.9 Å². The number of cyclic esters (lactones) is 1. The van der Waals surface area contributed by atoms with Crippen molar-refractivity contribution in [2.45, 2.75) is 81.4 Å². The van der Waals surface area contributed by atoms with Crippen LogP contribution in [-0.4, -0.2) is 83.9 Å². The highest BCUT2D eigenvalue weighted by atomic mass is 16.7. The zero-order valence-corrected chi connectivity index (χ0v) is 22.0. The quantitative estimate of drug-likeness (QED) is 0.344. The lowest BCUT2D eigenvalue weighted by Gasteiger charge is -2.56. The van der Waals surface area contributed by atoms with Crippen molar-refractivity contribution in [1.82, 2.24) is 0 Å². The highest BCUT2D eigenvalue weighted by Crippen LogP contribution is 2.73. The molecule has 7 rings (SSSR count). The topological polar surface area (TPSA) is 133 Å². The van der Waals surface area contributed by atoms with Crippen LogP contribution >= 0.6 is 0 Å². The van der Waals surface area contributed by atoms with Crippen LogP contribution in [0.2, 0.25) is 0 Å². The molecule has 0 aromatic carbocycles. The Morgan fingerprint density at radius 1 is 1.03 bits per heavy atom. The van der Waals surface area contributed by atoms with E-state index in [0.29, 0.717) is 37.4 Å². The summed E-state index contributed by atoms with van der Waals surface area (Å²) in [4.78, 5) is 26.4. The highest BCUT2D eigenvalue weighted by Gasteiger charge is 2.83. The lowest BCUT2D eigenvalue weighted by molar-refractivity contribution is -0.187. The maximum Gasteiger partial charge on any atom is 0.331 e. The van der Waals surface area contributed by atoms with Crippen LogP contribution in [-0.2, 0) is 38.0 Å². The first kappa shape index (κ1) is 25.5. The number of carbonyl (C=O) groups excluding carboxylic acids is 2. The smallest absolute Gasteiger partial charge is 0.331 e. The Hall–Kier alpha value is -2.50. The van der Waals surface area contributed by atoms with Gasteiger partial charge in [-0.3, -0.25) is 0 Å². The number of esters is 2. The minimum Gasteiger partial charge on any atom is -0.491 e. The van der Waals surface area contributed by atoms with Gasteiger partial charge in [0.2, 0.25) is 0 Å². The van der Waals surface area contributed by atoms with Crippen LogP contribution in [0.15, 0.2) is 47.8 Å². The summed E-state index contributed by atoms with van der Waals surface area (Å²) in [5, 5.41) is 21.1. The molecule has 7 aliphatic rings. The first-order chi connectivity index (χ1) is 18.7. The molecule has 39 heavy (non-hydrogen) atoms. The molecule has 2 aliphatic carbocycles. The second-order valence-electron chi connectivity index (χ2n) is 12.1. The fourth-order valence-electron chi connectivity index (χ4n) is 8.03. The summed E-state index contributed by atoms with van der Waals surface area (Å²) in [7, 11) is 0. The van der Waals surface area contributed by atoms with E-state index >= 15 is 0 Å². The van der Waals surface area contributed by atoms with Gasteiger partial charge in [-0.25, -0.2) is 9.59 Å². The molecule has 0 radical (unpaired) electrons. The molecule has 5 aliphatic heterocycles. The summed E-state index contributed by atoms with van der Waals surface area (Å²) >= 11 is 0. The van der Waals surface area contributed by atoms with Crippen LogP contribution in [0.3, 0.4) is 0 Å². The van der Waals surface area contributed by atoms with Crippen LogP contribution < -0.4 is 0 Å². The monoisotopic (exact) mass is 542 g/mol. The number of ether oxygens (including phenoxy) is 6. The van der Waals surface area contributed by atoms with Crippen molar-refractivity contribution < 1.29 is 48.2 Å². The molecular formula is C29H34O10. The molecule has 4 saturated heterocycles. The van der Waals surface area contributed by atoms with Gasteiger partial charge in [-0.15, -0.1) is 0 Å². The highest BCUT2D eigenvalue weighted by molar-refractivity contribution is 5.83. The van der Waals surface area contributed by atoms with Crippen LogP contribution in [0.4, 0.5) is 0 Å². The number of allylic oxidation sites excluding steroid dienone is 3. The normalized spacial score (nSPS) is 50.3. The fraction of sp³-hybridized carbons (Fsp3) is 0.655. The molecule has 2 N–H and O–H groups in total. The van der Waals surface area contributed by atoms with E-state index in [4.69, 9.17) is 28.4 Å². The Morgan fingerprint density at radius 3 is 2.64 bits per heavy atom. The lowest BCUT2D eigenvalue weighted by Crippen LogP contribution is -2.62. The Morgan fingerprint density at radius 2 is 1.85 bits per heavy atom. The maximum absolute atomic E-state index is 13.3. The standard InChI is InChI=1S/C29H34O10/c1-16-6-9-27-14-34-22(31)12-17-7-10-35-28(23(32)25(33)39-24(17)28)8-4-3-5-21(30)38-18-13-20(37-19(27)11-16)29(15-36-29)26(18,27)2/h3-5,8,11-12,16,18,20,23-25,32-33H,6-7,9-10,13-15H2,1-2H3. The van der Waals surface area contributed by atoms with Gasteiger partial charge in [0.15, 0.2) is 6.29 Å². The Kier molecular flexibility index (Phi) is 5.55. The average Bonchev–Trinajstić information content (AvgIpc) is 3.64. The molecule has 0 aromatic rings. The zero-order valence-electron chi connectivity index (χ0n) is 22.0. The Labute approximate surface area is 226 Å². The molecule has 0 aromatic heterocycles. The molecule has 0 amide bonds. The summed E-state index contributed by atoms with van der Waals surface area (Å²) in [6, 6.07) is 0. The van der Waals surface area contributed by atoms with Crippen molar-refractivity contribution in [2.24, 2.45) is 16.7 Å². The second-order valence-corrected chi connectivity index (χ2v) is 12.1. The largest absolute Gasteiger partial charge is 0.491 e. The number of aliphatic hydroxyl groups excluding tert-OH is 2. The van der Waals surface area contributed by atoms with Crippen LogP contribution in [0.1, 0.15) is 39.5 Å². The molecule has 10 atom stereocenters. The summed E-state index contributed by atoms with van der Waals surface area (Å²) in [5.74, 6) is -0.00870. The Bertz CT molecular complexity index is 1210. The van der Waals surface area contributed by atoms with Gasteiger partial charge in [-0.1, -0.05) is 26.0 Å². The first-order valence-corrected chi connectivity index (χ1v) is 13.8. The molecule has 10 nitrogen and oxygen atoms in total. The van der Waals surface area contributed by atoms with Gasteiger partial charge in [0.05, 0.1) is 24.0 Å². The minimum atomic E-state index is -1.51. The zero-order chi connectivity index (χ0) is 27.2. The predicted molar refractivity (Wildman–Crippen MR) is 133 cm³/mol. The third-order valence-corrected chi connectivity index (χ3v) is 10.3. The number of aliphatic hydroxyl groups is 2. The van der Waals surface area contributed by atoms with Gasteiger partial charge in [-0.2, -0.15) is 0 Å². The van der Waals surface area contributed by atoms with E-state index in [1.54, 1.807) is 12.2 Å². The lowest BCUT2D eigenvalue weighted by atomic mass is 9.52. The molecule has 5 fully saturated rings. The molecule has 4 bridgehead atoms. The van der Waals surface area contributed by atoms with Crippen molar-refractivity contribution >= 4 is 11.9 Å². The van der Waals surface area contributed by atoms with Crippen molar-refractivity contribution in [3.05, 3.63) is 47.8 Å². The molecule has 10 heteroatoms.